The molecule has 2 aliphatic heterocycles. The summed E-state index contributed by atoms with van der Waals surface area (Å²) in [6.45, 7) is 4.73. The summed E-state index contributed by atoms with van der Waals surface area (Å²) in [7, 11) is 0. The van der Waals surface area contributed by atoms with Crippen LogP contribution >= 0.6 is 22.7 Å². The molecule has 2 amide bonds. The first-order valence-electron chi connectivity index (χ1n) is 18.8. The van der Waals surface area contributed by atoms with Crippen molar-refractivity contribution in [1.82, 2.24) is 0 Å². The molecule has 2 aliphatic rings. The maximum atomic E-state index is 14.5. The fraction of sp³-hybridized carbons (Fsp3) is 0.182. The van der Waals surface area contributed by atoms with Gasteiger partial charge in [-0.2, -0.15) is 0 Å². The van der Waals surface area contributed by atoms with Crippen molar-refractivity contribution >= 4 is 69.2 Å². The SMILES string of the molecule is CCOC(=O)c1cc2c(s1)-c1ccccc1N(C(=O)c1ccc(N)cc1F)CC2.CCOC(=O)c1cc2c(s1)-c1ccccc1N(C(=O)c1ccc([N+](=O)[O-])cc1F)CC2. The van der Waals surface area contributed by atoms with Crippen molar-refractivity contribution in [3.8, 4) is 20.9 Å². The van der Waals surface area contributed by atoms with E-state index in [0.717, 1.165) is 56.3 Å². The lowest BCUT2D eigenvalue weighted by atomic mass is 10.1. The van der Waals surface area contributed by atoms with E-state index in [2.05, 4.69) is 0 Å². The molecule has 0 bridgehead atoms. The number of hydrogen-bond acceptors (Lipinski definition) is 11. The van der Waals surface area contributed by atoms with Crippen molar-refractivity contribution < 1.29 is 42.4 Å². The van der Waals surface area contributed by atoms with Crippen molar-refractivity contribution in [3.05, 3.63) is 151 Å². The molecule has 0 saturated heterocycles. The number of amides is 2. The van der Waals surface area contributed by atoms with Crippen LogP contribution in [0.4, 0.5) is 31.5 Å². The Hall–Kier alpha value is -6.78. The number of para-hydroxylation sites is 2. The van der Waals surface area contributed by atoms with Crippen LogP contribution in [0.1, 0.15) is 65.0 Å². The summed E-state index contributed by atoms with van der Waals surface area (Å²) >= 11 is 2.65. The van der Waals surface area contributed by atoms with Gasteiger partial charge in [-0.25, -0.2) is 18.4 Å². The van der Waals surface area contributed by atoms with E-state index in [9.17, 15) is 38.1 Å². The molecule has 4 heterocycles. The maximum absolute atomic E-state index is 14.5. The highest BCUT2D eigenvalue weighted by Crippen LogP contribution is 2.43. The second kappa shape index (κ2) is 17.6. The standard InChI is InChI=1S/C22H17FN2O5S.C22H19FN2O3S/c1-2-30-22(27)19-11-13-9-10-24(18-6-4-3-5-16(18)20(13)31-19)21(26)15-8-7-14(25(28)29)12-17(15)23;1-2-28-22(27)19-11-13-9-10-25(18-6-4-3-5-16(18)20(13)29-19)21(26)15-8-7-14(24)12-17(15)23/h3-8,11-12H,2,9-10H2,1H3;3-8,11-12H,2,9-10,24H2,1H3. The number of nitrogens with zero attached hydrogens (tertiary/aromatic N) is 3. The van der Waals surface area contributed by atoms with Gasteiger partial charge < -0.3 is 25.0 Å². The molecular formula is C44H36F2N4O8S2. The third kappa shape index (κ3) is 8.24. The number of esters is 2. The van der Waals surface area contributed by atoms with E-state index in [1.165, 1.54) is 39.7 Å². The molecule has 306 valence electrons. The predicted octanol–water partition coefficient (Wildman–Crippen LogP) is 9.36. The first kappa shape index (κ1) is 41.4. The van der Waals surface area contributed by atoms with Gasteiger partial charge in [0, 0.05) is 45.7 Å². The van der Waals surface area contributed by atoms with Crippen LogP contribution in [0, 0.1) is 21.7 Å². The van der Waals surface area contributed by atoms with E-state index in [-0.39, 0.29) is 41.9 Å². The summed E-state index contributed by atoms with van der Waals surface area (Å²) in [4.78, 5) is 66.7. The molecule has 0 aliphatic carbocycles. The Labute approximate surface area is 350 Å². The minimum atomic E-state index is -0.944. The third-order valence-electron chi connectivity index (χ3n) is 9.77. The highest BCUT2D eigenvalue weighted by atomic mass is 32.1. The number of fused-ring (bicyclic) bond motifs is 6. The van der Waals surface area contributed by atoms with Crippen LogP contribution < -0.4 is 15.5 Å². The normalized spacial score (nSPS) is 12.6. The maximum Gasteiger partial charge on any atom is 0.348 e. The number of nitro groups is 1. The van der Waals surface area contributed by atoms with Crippen molar-refractivity contribution in [2.75, 3.05) is 41.8 Å². The lowest BCUT2D eigenvalue weighted by Gasteiger charge is -2.23. The van der Waals surface area contributed by atoms with E-state index in [4.69, 9.17) is 15.2 Å². The smallest absolute Gasteiger partial charge is 0.348 e. The van der Waals surface area contributed by atoms with Crippen molar-refractivity contribution in [3.63, 3.8) is 0 Å². The third-order valence-corrected chi connectivity index (χ3v) is 12.1. The van der Waals surface area contributed by atoms with Crippen LogP contribution in [0.5, 0.6) is 0 Å². The molecule has 8 rings (SSSR count). The van der Waals surface area contributed by atoms with E-state index in [0.29, 0.717) is 47.1 Å². The average molecular weight is 851 g/mol. The number of nitrogen functional groups attached to an aromatic ring is 1. The fourth-order valence-electron chi connectivity index (χ4n) is 7.01. The fourth-order valence-corrected chi connectivity index (χ4v) is 9.28. The van der Waals surface area contributed by atoms with E-state index >= 15 is 0 Å². The monoisotopic (exact) mass is 850 g/mol. The molecule has 4 aromatic carbocycles. The first-order chi connectivity index (χ1) is 28.9. The lowest BCUT2D eigenvalue weighted by Crippen LogP contribution is -2.33. The minimum Gasteiger partial charge on any atom is -0.462 e. The largest absolute Gasteiger partial charge is 0.462 e. The number of nitro benzene ring substituents is 1. The number of rotatable bonds is 7. The van der Waals surface area contributed by atoms with Crippen LogP contribution in [0.2, 0.25) is 0 Å². The molecule has 0 atom stereocenters. The highest BCUT2D eigenvalue weighted by molar-refractivity contribution is 7.18. The van der Waals surface area contributed by atoms with Gasteiger partial charge in [0.25, 0.3) is 17.5 Å². The van der Waals surface area contributed by atoms with Crippen molar-refractivity contribution in [2.45, 2.75) is 26.7 Å². The highest BCUT2D eigenvalue weighted by Gasteiger charge is 2.31. The number of carbonyl (C=O) groups is 4. The van der Waals surface area contributed by atoms with Gasteiger partial charge in [0.1, 0.15) is 21.4 Å². The van der Waals surface area contributed by atoms with Crippen molar-refractivity contribution in [2.24, 2.45) is 0 Å². The Morgan fingerprint density at radius 3 is 1.57 bits per heavy atom. The second-order valence-electron chi connectivity index (χ2n) is 13.5. The number of hydrogen-bond donors (Lipinski definition) is 1. The molecule has 0 spiro atoms. The van der Waals surface area contributed by atoms with Gasteiger partial charge in [-0.05, 0) is 86.3 Å². The summed E-state index contributed by atoms with van der Waals surface area (Å²) in [5.74, 6) is -3.33. The zero-order valence-electron chi connectivity index (χ0n) is 32.2. The number of ether oxygens (including phenoxy) is 2. The number of non-ortho nitro benzene ring substituents is 1. The van der Waals surface area contributed by atoms with Gasteiger partial charge in [0.15, 0.2) is 0 Å². The van der Waals surface area contributed by atoms with Gasteiger partial charge in [-0.1, -0.05) is 36.4 Å². The summed E-state index contributed by atoms with van der Waals surface area (Å²) in [5, 5.41) is 10.9. The number of halogens is 2. The second-order valence-corrected chi connectivity index (χ2v) is 15.6. The lowest BCUT2D eigenvalue weighted by molar-refractivity contribution is -0.385. The quantitative estimate of drug-likeness (QED) is 0.0714. The molecule has 2 aromatic heterocycles. The first-order valence-corrected chi connectivity index (χ1v) is 20.4. The summed E-state index contributed by atoms with van der Waals surface area (Å²) in [6, 6.07) is 25.3. The van der Waals surface area contributed by atoms with Crippen LogP contribution in [0.3, 0.4) is 0 Å². The van der Waals surface area contributed by atoms with Gasteiger partial charge in [0.05, 0.1) is 46.7 Å². The summed E-state index contributed by atoms with van der Waals surface area (Å²) < 4.78 is 39.1. The summed E-state index contributed by atoms with van der Waals surface area (Å²) in [5.41, 5.74) is 9.94. The molecule has 0 fully saturated rings. The zero-order valence-corrected chi connectivity index (χ0v) is 33.9. The van der Waals surface area contributed by atoms with Crippen LogP contribution in [0.25, 0.3) is 20.9 Å². The Morgan fingerprint density at radius 1 is 0.683 bits per heavy atom. The Bertz CT molecular complexity index is 2680. The molecule has 6 aromatic rings. The molecule has 12 nitrogen and oxygen atoms in total. The molecule has 16 heteroatoms. The Balaban J connectivity index is 0.000000182. The van der Waals surface area contributed by atoms with E-state index in [1.807, 2.05) is 42.5 Å². The van der Waals surface area contributed by atoms with Crippen molar-refractivity contribution in [1.29, 1.82) is 0 Å². The Kier molecular flexibility index (Phi) is 12.1. The zero-order chi connectivity index (χ0) is 42.7. The van der Waals surface area contributed by atoms with Crippen LogP contribution in [-0.2, 0) is 22.3 Å². The number of anilines is 3. The molecule has 0 unspecified atom stereocenters. The van der Waals surface area contributed by atoms with E-state index < -0.39 is 34.1 Å². The topological polar surface area (TPSA) is 162 Å². The van der Waals surface area contributed by atoms with Crippen LogP contribution in [-0.4, -0.2) is 55.0 Å². The van der Waals surface area contributed by atoms with E-state index in [1.54, 1.807) is 36.9 Å². The van der Waals surface area contributed by atoms with Gasteiger partial charge >= 0.3 is 11.9 Å². The number of carbonyl (C=O) groups excluding carboxylic acids is 4. The number of thiophene rings is 2. The predicted molar refractivity (Wildman–Crippen MR) is 226 cm³/mol. The molecule has 2 N–H and O–H groups in total. The van der Waals surface area contributed by atoms with Gasteiger partial charge in [-0.3, -0.25) is 19.7 Å². The van der Waals surface area contributed by atoms with Gasteiger partial charge in [-0.15, -0.1) is 22.7 Å². The number of nitrogens with two attached hydrogens (primary N) is 1. The molecule has 60 heavy (non-hydrogen) atoms. The van der Waals surface area contributed by atoms with Crippen LogP contribution in [0.15, 0.2) is 97.1 Å². The number of benzene rings is 4. The molecule has 0 radical (unpaired) electrons. The average Bonchev–Trinajstić information content (AvgIpc) is 3.79. The Morgan fingerprint density at radius 2 is 1.13 bits per heavy atom. The minimum absolute atomic E-state index is 0.0218. The van der Waals surface area contributed by atoms with Gasteiger partial charge in [0.2, 0.25) is 0 Å². The molecule has 0 saturated carbocycles. The summed E-state index contributed by atoms with van der Waals surface area (Å²) in [6.07, 6.45) is 1.00. The molecular weight excluding hydrogens is 815 g/mol.